The minimum absolute atomic E-state index is 0.00754. The number of rotatable bonds is 37. The number of nitrogens with one attached hydrogen (secondary N) is 1. The molecule has 9 heteroatoms. The predicted molar refractivity (Wildman–Crippen MR) is 219 cm³/mol. The summed E-state index contributed by atoms with van der Waals surface area (Å²) in [6.45, 7) is 4.45. The average molecular weight is 753 g/mol. The number of nitrogens with zero attached hydrogens (tertiary/aromatic N) is 1. The number of carbonyl (C=O) groups is 1. The van der Waals surface area contributed by atoms with Gasteiger partial charge in [0.15, 0.2) is 0 Å². The highest BCUT2D eigenvalue weighted by Gasteiger charge is 2.23. The number of quaternary nitrogens is 1. The van der Waals surface area contributed by atoms with E-state index in [2.05, 4.69) is 55.6 Å². The van der Waals surface area contributed by atoms with Crippen molar-refractivity contribution >= 4 is 13.7 Å². The van der Waals surface area contributed by atoms with E-state index in [0.29, 0.717) is 17.4 Å². The largest absolute Gasteiger partial charge is 0.756 e. The molecule has 3 atom stereocenters. The first-order valence-corrected chi connectivity index (χ1v) is 22.5. The van der Waals surface area contributed by atoms with Crippen molar-refractivity contribution in [2.45, 2.75) is 180 Å². The van der Waals surface area contributed by atoms with Gasteiger partial charge < -0.3 is 28.8 Å². The highest BCUT2D eigenvalue weighted by atomic mass is 31.2. The molecule has 0 aliphatic heterocycles. The molecule has 8 nitrogen and oxygen atoms in total. The molecule has 0 aliphatic rings. The van der Waals surface area contributed by atoms with E-state index in [1.165, 1.54) is 96.3 Å². The normalized spacial score (nSPS) is 15.0. The Morgan fingerprint density at radius 1 is 0.692 bits per heavy atom. The van der Waals surface area contributed by atoms with Crippen molar-refractivity contribution in [1.82, 2.24) is 5.32 Å². The Labute approximate surface area is 320 Å². The third-order valence-electron chi connectivity index (χ3n) is 9.02. The van der Waals surface area contributed by atoms with Crippen LogP contribution in [0.3, 0.4) is 0 Å². The van der Waals surface area contributed by atoms with E-state index < -0.39 is 26.6 Å². The Bertz CT molecular complexity index is 991. The van der Waals surface area contributed by atoms with Crippen molar-refractivity contribution in [1.29, 1.82) is 0 Å². The van der Waals surface area contributed by atoms with Crippen LogP contribution >= 0.6 is 7.82 Å². The van der Waals surface area contributed by atoms with Gasteiger partial charge in [0.25, 0.3) is 7.82 Å². The molecule has 0 aliphatic carbocycles. The van der Waals surface area contributed by atoms with Gasteiger partial charge in [0, 0.05) is 6.42 Å². The van der Waals surface area contributed by atoms with Gasteiger partial charge in [-0.1, -0.05) is 152 Å². The van der Waals surface area contributed by atoms with Gasteiger partial charge in [0.1, 0.15) is 13.2 Å². The molecule has 0 bridgehead atoms. The monoisotopic (exact) mass is 753 g/mol. The first-order valence-electron chi connectivity index (χ1n) is 21.0. The lowest BCUT2D eigenvalue weighted by Gasteiger charge is -2.29. The third kappa shape index (κ3) is 36.8. The van der Waals surface area contributed by atoms with Crippen molar-refractivity contribution < 1.29 is 32.9 Å². The van der Waals surface area contributed by atoms with Crippen LogP contribution in [0.4, 0.5) is 0 Å². The molecule has 0 aromatic carbocycles. The SMILES string of the molecule is CC/C=C\C/C=C\CCCCCCCCCCCCCCCCC(=O)NC(COP(=O)([O-])OCC[N+](C)(C)C)C(O)/C=C/CC/C=C/CCCCC. The number of phosphoric acid groups is 1. The first-order chi connectivity index (χ1) is 25.0. The van der Waals surface area contributed by atoms with E-state index in [4.69, 9.17) is 9.05 Å². The van der Waals surface area contributed by atoms with Crippen LogP contribution < -0.4 is 10.2 Å². The van der Waals surface area contributed by atoms with Crippen molar-refractivity contribution in [3.8, 4) is 0 Å². The number of likely N-dealkylation sites (N-methyl/N-ethyl adjacent to an activating group) is 1. The fourth-order valence-corrected chi connectivity index (χ4v) is 6.40. The van der Waals surface area contributed by atoms with Gasteiger partial charge in [-0.25, -0.2) is 0 Å². The Balaban J connectivity index is 4.29. The summed E-state index contributed by atoms with van der Waals surface area (Å²) in [5.74, 6) is -0.213. The van der Waals surface area contributed by atoms with Crippen molar-refractivity contribution in [3.05, 3.63) is 48.6 Å². The molecule has 3 unspecified atom stereocenters. The smallest absolute Gasteiger partial charge is 0.268 e. The zero-order valence-electron chi connectivity index (χ0n) is 34.2. The molecule has 1 amide bonds. The van der Waals surface area contributed by atoms with Crippen LogP contribution in [0.2, 0.25) is 0 Å². The average Bonchev–Trinajstić information content (AvgIpc) is 3.09. The van der Waals surface area contributed by atoms with E-state index in [0.717, 1.165) is 51.4 Å². The third-order valence-corrected chi connectivity index (χ3v) is 9.99. The van der Waals surface area contributed by atoms with Gasteiger partial charge in [-0.05, 0) is 57.8 Å². The molecule has 0 aromatic heterocycles. The fraction of sp³-hybridized carbons (Fsp3) is 0.791. The zero-order chi connectivity index (χ0) is 38.6. The zero-order valence-corrected chi connectivity index (χ0v) is 35.1. The summed E-state index contributed by atoms with van der Waals surface area (Å²) in [5, 5.41) is 13.7. The van der Waals surface area contributed by atoms with E-state index >= 15 is 0 Å². The van der Waals surface area contributed by atoms with Gasteiger partial charge in [0.2, 0.25) is 5.91 Å². The fourth-order valence-electron chi connectivity index (χ4n) is 5.67. The number of hydrogen-bond donors (Lipinski definition) is 2. The highest BCUT2D eigenvalue weighted by Crippen LogP contribution is 2.38. The van der Waals surface area contributed by atoms with Crippen molar-refractivity contribution in [2.24, 2.45) is 0 Å². The number of phosphoric ester groups is 1. The topological polar surface area (TPSA) is 108 Å². The standard InChI is InChI=1S/C43H81N2O6P/c1-6-8-10-12-14-16-17-18-19-20-21-22-23-24-25-26-27-29-31-33-35-37-43(47)44-41(40-51-52(48,49)50-39-38-45(3,4)5)42(46)36-34-32-30-28-15-13-11-9-7-2/h8,10,14-16,28,34,36,41-42,46H,6-7,9,11-13,17-27,29-33,35,37-40H2,1-5H3,(H-,44,47,48,49)/b10-8-,16-14-,28-15+,36-34+. The molecule has 2 N–H and O–H groups in total. The van der Waals surface area contributed by atoms with Crippen LogP contribution in [0, 0.1) is 0 Å². The number of amides is 1. The van der Waals surface area contributed by atoms with Crippen LogP contribution in [-0.4, -0.2) is 68.5 Å². The summed E-state index contributed by atoms with van der Waals surface area (Å²) < 4.78 is 23.1. The van der Waals surface area contributed by atoms with Crippen LogP contribution in [0.5, 0.6) is 0 Å². The molecular formula is C43H81N2O6P. The Hall–Kier alpha value is -1.54. The van der Waals surface area contributed by atoms with E-state index in [9.17, 15) is 19.4 Å². The van der Waals surface area contributed by atoms with E-state index in [-0.39, 0.29) is 12.5 Å². The Kier molecular flexibility index (Phi) is 34.1. The molecule has 0 rings (SSSR count). The second-order valence-electron chi connectivity index (χ2n) is 15.3. The Morgan fingerprint density at radius 3 is 1.77 bits per heavy atom. The van der Waals surface area contributed by atoms with Crippen LogP contribution in [0.25, 0.3) is 0 Å². The van der Waals surface area contributed by atoms with Crippen molar-refractivity contribution in [2.75, 3.05) is 40.9 Å². The molecule has 0 spiro atoms. The lowest BCUT2D eigenvalue weighted by molar-refractivity contribution is -0.870. The van der Waals surface area contributed by atoms with Crippen LogP contribution in [0.1, 0.15) is 168 Å². The maximum atomic E-state index is 12.8. The van der Waals surface area contributed by atoms with Gasteiger partial charge in [-0.2, -0.15) is 0 Å². The molecule has 0 saturated carbocycles. The summed E-state index contributed by atoms with van der Waals surface area (Å²) in [4.78, 5) is 25.2. The van der Waals surface area contributed by atoms with Gasteiger partial charge in [-0.3, -0.25) is 9.36 Å². The molecule has 0 aromatic rings. The summed E-state index contributed by atoms with van der Waals surface area (Å²) in [6, 6.07) is -0.900. The number of allylic oxidation sites excluding steroid dienone is 7. The van der Waals surface area contributed by atoms with Gasteiger partial charge in [-0.15, -0.1) is 0 Å². The summed E-state index contributed by atoms with van der Waals surface area (Å²) >= 11 is 0. The molecular weight excluding hydrogens is 671 g/mol. The maximum absolute atomic E-state index is 12.8. The number of aliphatic hydroxyl groups is 1. The Morgan fingerprint density at radius 2 is 1.19 bits per heavy atom. The van der Waals surface area contributed by atoms with E-state index in [1.54, 1.807) is 6.08 Å². The minimum atomic E-state index is -4.59. The molecule has 0 saturated heterocycles. The maximum Gasteiger partial charge on any atom is 0.268 e. The number of hydrogen-bond acceptors (Lipinski definition) is 6. The van der Waals surface area contributed by atoms with Crippen molar-refractivity contribution in [3.63, 3.8) is 0 Å². The van der Waals surface area contributed by atoms with Gasteiger partial charge >= 0.3 is 0 Å². The summed E-state index contributed by atoms with van der Waals surface area (Å²) in [7, 11) is 1.24. The molecule has 0 fully saturated rings. The van der Waals surface area contributed by atoms with Crippen LogP contribution in [0.15, 0.2) is 48.6 Å². The molecule has 304 valence electrons. The first kappa shape index (κ1) is 50.5. The predicted octanol–water partition coefficient (Wildman–Crippen LogP) is 10.7. The van der Waals surface area contributed by atoms with Gasteiger partial charge in [0.05, 0.1) is 39.9 Å². The number of unbranched alkanes of at least 4 members (excludes halogenated alkanes) is 18. The molecule has 0 heterocycles. The number of aliphatic hydroxyl groups excluding tert-OH is 1. The number of carbonyl (C=O) groups excluding carboxylic acids is 1. The molecule has 0 radical (unpaired) electrons. The lowest BCUT2D eigenvalue weighted by atomic mass is 10.0. The second kappa shape index (κ2) is 35.2. The quantitative estimate of drug-likeness (QED) is 0.0283. The highest BCUT2D eigenvalue weighted by molar-refractivity contribution is 7.45. The minimum Gasteiger partial charge on any atom is -0.756 e. The van der Waals surface area contributed by atoms with Crippen LogP contribution in [-0.2, 0) is 18.4 Å². The van der Waals surface area contributed by atoms with E-state index in [1.807, 2.05) is 27.2 Å². The molecule has 52 heavy (non-hydrogen) atoms. The lowest BCUT2D eigenvalue weighted by Crippen LogP contribution is -2.45. The summed E-state index contributed by atoms with van der Waals surface area (Å²) in [5.41, 5.74) is 0. The second-order valence-corrected chi connectivity index (χ2v) is 16.7. The summed E-state index contributed by atoms with van der Waals surface area (Å²) in [6.07, 6.45) is 43.2.